The minimum atomic E-state index is -0.0431. The Kier molecular flexibility index (Phi) is 7.17. The van der Waals surface area contributed by atoms with Gasteiger partial charge in [0.2, 0.25) is 0 Å². The van der Waals surface area contributed by atoms with Crippen molar-refractivity contribution in [2.24, 2.45) is 0 Å². The molecule has 258 valence electrons. The molecule has 0 bridgehead atoms. The quantitative estimate of drug-likeness (QED) is 0.194. The van der Waals surface area contributed by atoms with Crippen LogP contribution in [-0.2, 0) is 0 Å². The highest BCUT2D eigenvalue weighted by molar-refractivity contribution is 5.90. The molecule has 0 saturated carbocycles. The van der Waals surface area contributed by atoms with Crippen LogP contribution < -0.4 is 5.32 Å². The van der Waals surface area contributed by atoms with Crippen molar-refractivity contribution in [2.75, 3.05) is 5.32 Å². The van der Waals surface area contributed by atoms with Crippen molar-refractivity contribution in [1.29, 1.82) is 0 Å². The van der Waals surface area contributed by atoms with Crippen LogP contribution in [0, 0.1) is 0 Å². The van der Waals surface area contributed by atoms with Gasteiger partial charge in [-0.15, -0.1) is 0 Å². The fourth-order valence-electron chi connectivity index (χ4n) is 8.07. The molecule has 0 aliphatic carbocycles. The molecule has 3 aromatic heterocycles. The summed E-state index contributed by atoms with van der Waals surface area (Å²) in [7, 11) is 0. The summed E-state index contributed by atoms with van der Waals surface area (Å²) in [5.74, 6) is 1.70. The smallest absolute Gasteiger partial charge is 0.160 e. The van der Waals surface area contributed by atoms with E-state index in [0.29, 0.717) is 5.82 Å². The zero-order valence-corrected chi connectivity index (χ0v) is 29.8. The zero-order chi connectivity index (χ0) is 36.3. The molecule has 5 nitrogen and oxygen atoms in total. The van der Waals surface area contributed by atoms with E-state index in [4.69, 9.17) is 15.0 Å². The Morgan fingerprint density at radius 2 is 1.05 bits per heavy atom. The third kappa shape index (κ3) is 5.44. The van der Waals surface area contributed by atoms with Crippen LogP contribution >= 0.6 is 0 Å². The number of nitrogens with one attached hydrogen (secondary N) is 1. The van der Waals surface area contributed by atoms with Gasteiger partial charge in [0.15, 0.2) is 5.82 Å². The molecule has 4 heterocycles. The first-order chi connectivity index (χ1) is 27.2. The van der Waals surface area contributed by atoms with Crippen LogP contribution in [0.3, 0.4) is 0 Å². The molecular weight excluding hydrogens is 671 g/mol. The van der Waals surface area contributed by atoms with Crippen molar-refractivity contribution in [2.45, 2.75) is 6.04 Å². The lowest BCUT2D eigenvalue weighted by atomic mass is 9.88. The SMILES string of the molecule is c1cc(-c2cccc(C3Nc4c(nc5ccccn45)-c4ccccc43)c2)cc(-c2nc(-c3ccc4ccccc4c3)cc(-c3ccc4ccccc4c3)n2)c1. The zero-order valence-electron chi connectivity index (χ0n) is 29.8. The van der Waals surface area contributed by atoms with Crippen LogP contribution in [0.15, 0.2) is 188 Å². The number of rotatable bonds is 5. The van der Waals surface area contributed by atoms with E-state index in [9.17, 15) is 0 Å². The van der Waals surface area contributed by atoms with Crippen LogP contribution in [0.2, 0.25) is 0 Å². The van der Waals surface area contributed by atoms with Crippen LogP contribution in [0.1, 0.15) is 17.2 Å². The summed E-state index contributed by atoms with van der Waals surface area (Å²) in [5, 5.41) is 8.63. The van der Waals surface area contributed by atoms with Crippen molar-refractivity contribution in [3.63, 3.8) is 0 Å². The number of benzene rings is 7. The van der Waals surface area contributed by atoms with Gasteiger partial charge in [0.25, 0.3) is 0 Å². The summed E-state index contributed by atoms with van der Waals surface area (Å²) in [6.45, 7) is 0. The van der Waals surface area contributed by atoms with E-state index >= 15 is 0 Å². The van der Waals surface area contributed by atoms with E-state index in [0.717, 1.165) is 61.9 Å². The number of aromatic nitrogens is 4. The summed E-state index contributed by atoms with van der Waals surface area (Å²) in [5.41, 5.74) is 12.5. The summed E-state index contributed by atoms with van der Waals surface area (Å²) in [4.78, 5) is 15.5. The van der Waals surface area contributed by atoms with Crippen LogP contribution in [-0.4, -0.2) is 19.4 Å². The van der Waals surface area contributed by atoms with Crippen LogP contribution in [0.4, 0.5) is 5.82 Å². The van der Waals surface area contributed by atoms with Crippen LogP contribution in [0.5, 0.6) is 0 Å². The first-order valence-electron chi connectivity index (χ1n) is 18.6. The van der Waals surface area contributed by atoms with Gasteiger partial charge in [-0.3, -0.25) is 4.40 Å². The average Bonchev–Trinajstić information content (AvgIpc) is 3.64. The first kappa shape index (κ1) is 31.2. The Bertz CT molecular complexity index is 3010. The Labute approximate surface area is 318 Å². The molecule has 10 aromatic rings. The van der Waals surface area contributed by atoms with Crippen LogP contribution in [0.25, 0.3) is 83.5 Å². The van der Waals surface area contributed by atoms with E-state index in [1.54, 1.807) is 0 Å². The molecule has 1 unspecified atom stereocenters. The number of imidazole rings is 1. The number of hydrogen-bond donors (Lipinski definition) is 1. The lowest BCUT2D eigenvalue weighted by molar-refractivity contribution is 0.910. The fourth-order valence-corrected chi connectivity index (χ4v) is 8.07. The van der Waals surface area contributed by atoms with E-state index in [-0.39, 0.29) is 6.04 Å². The predicted molar refractivity (Wildman–Crippen MR) is 225 cm³/mol. The van der Waals surface area contributed by atoms with Gasteiger partial charge in [-0.25, -0.2) is 15.0 Å². The van der Waals surface area contributed by atoms with Gasteiger partial charge in [-0.1, -0.05) is 140 Å². The Morgan fingerprint density at radius 3 is 1.80 bits per heavy atom. The van der Waals surface area contributed by atoms with Crippen molar-refractivity contribution in [3.8, 4) is 56.3 Å². The second-order valence-corrected chi connectivity index (χ2v) is 14.2. The summed E-state index contributed by atoms with van der Waals surface area (Å²) < 4.78 is 2.14. The van der Waals surface area contributed by atoms with Crippen molar-refractivity contribution in [1.82, 2.24) is 19.4 Å². The summed E-state index contributed by atoms with van der Waals surface area (Å²) in [6, 6.07) is 64.3. The van der Waals surface area contributed by atoms with E-state index < -0.39 is 0 Å². The molecule has 0 fully saturated rings. The molecular formula is C50H33N5. The monoisotopic (exact) mass is 703 g/mol. The maximum absolute atomic E-state index is 5.23. The standard InChI is InChI=1S/C50H33N5/c1-3-13-34-27-38(24-22-32(34)11-1)44-31-45(39-25-23-33-12-2-4-14-35(33)28-39)52-49(51-44)41-18-10-16-37(30-41)36-15-9-17-40(29-36)47-42-19-5-6-20-43(42)48-50(54-47)55-26-8-7-21-46(55)53-48/h1-31,47,54H. The Hall–Kier alpha value is -7.37. The van der Waals surface area contributed by atoms with Gasteiger partial charge in [-0.2, -0.15) is 0 Å². The highest BCUT2D eigenvalue weighted by atomic mass is 15.2. The van der Waals surface area contributed by atoms with E-state index in [1.807, 2.05) is 12.1 Å². The highest BCUT2D eigenvalue weighted by Crippen LogP contribution is 2.43. The molecule has 7 aromatic carbocycles. The fraction of sp³-hybridized carbons (Fsp3) is 0.0200. The number of anilines is 1. The van der Waals surface area contributed by atoms with Crippen molar-refractivity contribution < 1.29 is 0 Å². The topological polar surface area (TPSA) is 55.1 Å². The lowest BCUT2D eigenvalue weighted by Crippen LogP contribution is -2.19. The van der Waals surface area contributed by atoms with E-state index in [1.165, 1.54) is 32.7 Å². The maximum atomic E-state index is 5.23. The van der Waals surface area contributed by atoms with Gasteiger partial charge >= 0.3 is 0 Å². The van der Waals surface area contributed by atoms with Gasteiger partial charge in [0, 0.05) is 28.5 Å². The minimum Gasteiger partial charge on any atom is -0.358 e. The number of hydrogen-bond acceptors (Lipinski definition) is 4. The molecule has 0 radical (unpaired) electrons. The second-order valence-electron chi connectivity index (χ2n) is 14.2. The molecule has 1 N–H and O–H groups in total. The molecule has 0 spiro atoms. The molecule has 55 heavy (non-hydrogen) atoms. The number of nitrogens with zero attached hydrogens (tertiary/aromatic N) is 4. The number of pyridine rings is 1. The second kappa shape index (κ2) is 12.6. The third-order valence-corrected chi connectivity index (χ3v) is 10.8. The number of fused-ring (bicyclic) bond motifs is 7. The predicted octanol–water partition coefficient (Wildman–Crippen LogP) is 12.3. The van der Waals surface area contributed by atoms with Gasteiger partial charge in [0.05, 0.1) is 17.4 Å². The molecule has 1 aliphatic heterocycles. The van der Waals surface area contributed by atoms with Crippen molar-refractivity contribution >= 4 is 33.0 Å². The third-order valence-electron chi connectivity index (χ3n) is 10.8. The Balaban J connectivity index is 1.01. The van der Waals surface area contributed by atoms with Gasteiger partial charge < -0.3 is 5.32 Å². The minimum absolute atomic E-state index is 0.0431. The molecule has 0 saturated heterocycles. The summed E-state index contributed by atoms with van der Waals surface area (Å²) in [6.07, 6.45) is 2.07. The maximum Gasteiger partial charge on any atom is 0.160 e. The molecule has 1 atom stereocenters. The molecule has 1 aliphatic rings. The lowest BCUT2D eigenvalue weighted by Gasteiger charge is -2.28. The molecule has 0 amide bonds. The van der Waals surface area contributed by atoms with Gasteiger partial charge in [0.1, 0.15) is 17.2 Å². The highest BCUT2D eigenvalue weighted by Gasteiger charge is 2.29. The normalized spacial score (nSPS) is 13.4. The Morgan fingerprint density at radius 1 is 0.436 bits per heavy atom. The molecule has 5 heteroatoms. The van der Waals surface area contributed by atoms with Crippen molar-refractivity contribution in [3.05, 3.63) is 199 Å². The molecule has 11 rings (SSSR count). The van der Waals surface area contributed by atoms with Gasteiger partial charge in [-0.05, 0) is 86.3 Å². The average molecular weight is 704 g/mol. The largest absolute Gasteiger partial charge is 0.358 e. The first-order valence-corrected chi connectivity index (χ1v) is 18.6. The summed E-state index contributed by atoms with van der Waals surface area (Å²) >= 11 is 0. The van der Waals surface area contributed by atoms with E-state index in [2.05, 4.69) is 186 Å².